The van der Waals surface area contributed by atoms with Crippen molar-refractivity contribution in [3.05, 3.63) is 177 Å². The smallest absolute Gasteiger partial charge is 0.198 e. The first kappa shape index (κ1) is 36.3. The first-order chi connectivity index (χ1) is 25.9. The van der Waals surface area contributed by atoms with E-state index in [2.05, 4.69) is 0 Å². The summed E-state index contributed by atoms with van der Waals surface area (Å²) in [5.41, 5.74) is -10.1. The van der Waals surface area contributed by atoms with E-state index in [9.17, 15) is 0 Å². The lowest BCUT2D eigenvalue weighted by atomic mass is 9.43. The van der Waals surface area contributed by atoms with Crippen molar-refractivity contribution in [2.75, 3.05) is 28.4 Å². The Morgan fingerprint density at radius 2 is 0.500 bits per heavy atom. The molecule has 6 aromatic rings. The number of fused-ring (bicyclic) bond motifs is 3. The molecule has 0 heterocycles. The molecule has 276 valence electrons. The second-order valence-corrected chi connectivity index (χ2v) is 12.4. The summed E-state index contributed by atoms with van der Waals surface area (Å²) in [4.78, 5) is 0. The van der Waals surface area contributed by atoms with E-state index in [-0.39, 0.29) is 45.3 Å². The predicted molar refractivity (Wildman–Crippen MR) is 183 cm³/mol. The highest BCUT2D eigenvalue weighted by atomic mass is 19.2. The van der Waals surface area contributed by atoms with Crippen LogP contribution in [0.15, 0.2) is 97.1 Å². The molecule has 0 bridgehead atoms. The monoisotopic (exact) mass is 748 g/mol. The number of hydrogen-bond donors (Lipinski definition) is 0. The van der Waals surface area contributed by atoms with Crippen molar-refractivity contribution in [3.8, 4) is 34.1 Å². The Hall–Kier alpha value is -6.04. The van der Waals surface area contributed by atoms with E-state index in [1.165, 1.54) is 126 Å². The zero-order valence-electron chi connectivity index (χ0n) is 28.9. The van der Waals surface area contributed by atoms with Crippen LogP contribution in [0, 0.1) is 46.5 Å². The molecule has 0 N–H and O–H groups in total. The quantitative estimate of drug-likeness (QED) is 0.0883. The molecule has 1 aliphatic carbocycles. The molecule has 0 atom stereocenters. The van der Waals surface area contributed by atoms with Crippen molar-refractivity contribution >= 4 is 0 Å². The molecule has 12 heteroatoms. The molecular formula is C42H28F8O4. The minimum absolute atomic E-state index is 0.0409. The van der Waals surface area contributed by atoms with Gasteiger partial charge in [-0.3, -0.25) is 0 Å². The largest absolute Gasteiger partial charge is 0.497 e. The van der Waals surface area contributed by atoms with Crippen LogP contribution in [0.2, 0.25) is 0 Å². The van der Waals surface area contributed by atoms with E-state index >= 15 is 35.1 Å². The minimum Gasteiger partial charge on any atom is -0.497 e. The third kappa shape index (κ3) is 4.81. The van der Waals surface area contributed by atoms with Crippen molar-refractivity contribution in [2.24, 2.45) is 0 Å². The average molecular weight is 749 g/mol. The van der Waals surface area contributed by atoms with Gasteiger partial charge in [-0.25, -0.2) is 35.1 Å². The second kappa shape index (κ2) is 13.4. The molecule has 7 rings (SSSR count). The van der Waals surface area contributed by atoms with Crippen LogP contribution in [0.4, 0.5) is 35.1 Å². The third-order valence-electron chi connectivity index (χ3n) is 10.2. The summed E-state index contributed by atoms with van der Waals surface area (Å²) in [7, 11) is 5.45. The molecule has 1 aliphatic rings. The maximum absolute atomic E-state index is 17.3. The van der Waals surface area contributed by atoms with Gasteiger partial charge in [-0.05, 0) is 70.8 Å². The number of benzene rings is 6. The van der Waals surface area contributed by atoms with Gasteiger partial charge in [0.2, 0.25) is 0 Å². The first-order valence-electron chi connectivity index (χ1n) is 16.2. The Balaban J connectivity index is 1.92. The lowest BCUT2D eigenvalue weighted by Gasteiger charge is -2.56. The zero-order chi connectivity index (χ0) is 38.7. The fourth-order valence-corrected chi connectivity index (χ4v) is 7.95. The number of halogens is 8. The maximum Gasteiger partial charge on any atom is 0.198 e. The van der Waals surface area contributed by atoms with Gasteiger partial charge in [-0.15, -0.1) is 0 Å². The molecule has 6 aromatic carbocycles. The molecule has 0 radical (unpaired) electrons. The fourth-order valence-electron chi connectivity index (χ4n) is 7.95. The Labute approximate surface area is 304 Å². The van der Waals surface area contributed by atoms with Crippen LogP contribution >= 0.6 is 0 Å². The molecule has 0 aromatic heterocycles. The van der Waals surface area contributed by atoms with Gasteiger partial charge in [0.05, 0.1) is 39.3 Å². The second-order valence-electron chi connectivity index (χ2n) is 12.4. The number of hydrogen-bond acceptors (Lipinski definition) is 4. The predicted octanol–water partition coefficient (Wildman–Crippen LogP) is 10.2. The topological polar surface area (TPSA) is 36.9 Å². The Morgan fingerprint density at radius 1 is 0.296 bits per heavy atom. The molecule has 0 spiro atoms. The highest BCUT2D eigenvalue weighted by Crippen LogP contribution is 2.68. The highest BCUT2D eigenvalue weighted by Gasteiger charge is 2.65. The molecule has 0 aliphatic heterocycles. The highest BCUT2D eigenvalue weighted by molar-refractivity contribution is 5.87. The van der Waals surface area contributed by atoms with E-state index in [1.807, 2.05) is 0 Å². The normalized spacial score (nSPS) is 13.9. The summed E-state index contributed by atoms with van der Waals surface area (Å²) < 4.78 is 152. The lowest BCUT2D eigenvalue weighted by molar-refractivity contribution is 0.335. The molecular weight excluding hydrogens is 720 g/mol. The Bertz CT molecular complexity index is 2130. The minimum atomic E-state index is -2.55. The molecule has 0 saturated heterocycles. The van der Waals surface area contributed by atoms with E-state index in [0.717, 1.165) is 0 Å². The molecule has 0 saturated carbocycles. The van der Waals surface area contributed by atoms with Gasteiger partial charge in [-0.2, -0.15) is 0 Å². The van der Waals surface area contributed by atoms with Crippen LogP contribution in [0.1, 0.15) is 33.4 Å². The van der Waals surface area contributed by atoms with E-state index in [0.29, 0.717) is 0 Å². The van der Waals surface area contributed by atoms with Crippen molar-refractivity contribution in [1.82, 2.24) is 0 Å². The molecule has 0 unspecified atom stereocenters. The van der Waals surface area contributed by atoms with Gasteiger partial charge in [-0.1, -0.05) is 48.5 Å². The summed E-state index contributed by atoms with van der Waals surface area (Å²) in [6.07, 6.45) is 0. The van der Waals surface area contributed by atoms with Crippen molar-refractivity contribution in [2.45, 2.75) is 10.8 Å². The summed E-state index contributed by atoms with van der Waals surface area (Å²) in [6, 6.07) is 22.6. The summed E-state index contributed by atoms with van der Waals surface area (Å²) in [5.74, 6) is -16.6. The van der Waals surface area contributed by atoms with Crippen molar-refractivity contribution in [3.63, 3.8) is 0 Å². The van der Waals surface area contributed by atoms with Gasteiger partial charge in [0.25, 0.3) is 0 Å². The van der Waals surface area contributed by atoms with Crippen molar-refractivity contribution < 1.29 is 54.1 Å². The molecule has 4 nitrogen and oxygen atoms in total. The van der Waals surface area contributed by atoms with Crippen LogP contribution in [-0.4, -0.2) is 28.4 Å². The van der Waals surface area contributed by atoms with Crippen molar-refractivity contribution in [1.29, 1.82) is 0 Å². The molecule has 54 heavy (non-hydrogen) atoms. The van der Waals surface area contributed by atoms with Gasteiger partial charge >= 0.3 is 0 Å². The Morgan fingerprint density at radius 3 is 0.704 bits per heavy atom. The van der Waals surface area contributed by atoms with E-state index in [4.69, 9.17) is 18.9 Å². The van der Waals surface area contributed by atoms with Crippen LogP contribution in [0.3, 0.4) is 0 Å². The number of rotatable bonds is 8. The molecule has 0 amide bonds. The fraction of sp³-hybridized carbons (Fsp3) is 0.143. The maximum atomic E-state index is 17.3. The zero-order valence-corrected chi connectivity index (χ0v) is 28.9. The summed E-state index contributed by atoms with van der Waals surface area (Å²) in [6.45, 7) is 0. The average Bonchev–Trinajstić information content (AvgIpc) is 3.22. The van der Waals surface area contributed by atoms with Gasteiger partial charge < -0.3 is 18.9 Å². The van der Waals surface area contributed by atoms with Gasteiger partial charge in [0.15, 0.2) is 46.5 Å². The third-order valence-corrected chi connectivity index (χ3v) is 10.2. The van der Waals surface area contributed by atoms with Crippen LogP contribution in [0.5, 0.6) is 23.0 Å². The van der Waals surface area contributed by atoms with Gasteiger partial charge in [0.1, 0.15) is 23.0 Å². The SMILES string of the molecule is COc1ccc(C2(c3ccc(OC)cc3)c3c(F)c(F)c(F)c(F)c3-c3c(F)c(F)c(F)c(F)c3C2(c2ccc(OC)cc2)c2ccc(OC)cc2)cc1. The lowest BCUT2D eigenvalue weighted by Crippen LogP contribution is -2.56. The van der Waals surface area contributed by atoms with E-state index < -0.39 is 79.6 Å². The number of methoxy groups -OCH3 is 4. The van der Waals surface area contributed by atoms with Crippen LogP contribution in [-0.2, 0) is 10.8 Å². The number of ether oxygens (including phenoxy) is 4. The Kier molecular flexibility index (Phi) is 9.03. The standard InChI is InChI=1S/C42H28F8O4/c1-51-25-13-5-21(6-14-25)41(22-7-15-26(52-2)16-8-22)31-29(33(43)37(47)39(49)35(31)45)30-32(36(46)40(50)38(48)34(30)44)42(41,23-9-17-27(53-3)18-10-23)24-11-19-28(54-4)20-12-24/h5-20H,1-4H3. The summed E-state index contributed by atoms with van der Waals surface area (Å²) in [5, 5.41) is 0. The van der Waals surface area contributed by atoms with Gasteiger partial charge in [0, 0.05) is 22.3 Å². The van der Waals surface area contributed by atoms with E-state index in [1.54, 1.807) is 0 Å². The van der Waals surface area contributed by atoms with Crippen LogP contribution < -0.4 is 18.9 Å². The first-order valence-corrected chi connectivity index (χ1v) is 16.2. The summed E-state index contributed by atoms with van der Waals surface area (Å²) >= 11 is 0. The molecule has 0 fully saturated rings. The van der Waals surface area contributed by atoms with Crippen LogP contribution in [0.25, 0.3) is 11.1 Å².